The maximum absolute atomic E-state index is 6.18. The van der Waals surface area contributed by atoms with Crippen molar-refractivity contribution >= 4 is 23.4 Å². The van der Waals surface area contributed by atoms with Crippen LogP contribution in [0.2, 0.25) is 5.02 Å². The summed E-state index contributed by atoms with van der Waals surface area (Å²) in [5, 5.41) is 4.97. The van der Waals surface area contributed by atoms with Gasteiger partial charge in [0, 0.05) is 34.7 Å². The van der Waals surface area contributed by atoms with Gasteiger partial charge in [0.25, 0.3) is 0 Å². The molecule has 2 rings (SSSR count). The lowest BCUT2D eigenvalue weighted by Gasteiger charge is -2.11. The quantitative estimate of drug-likeness (QED) is 0.799. The largest absolute Gasteiger partial charge is 0.327 e. The van der Waals surface area contributed by atoms with Crippen molar-refractivity contribution in [2.24, 2.45) is 5.73 Å². The molecule has 0 spiro atoms. The molecule has 0 saturated carbocycles. The smallest absolute Gasteiger partial charge is 0.138 e. The summed E-state index contributed by atoms with van der Waals surface area (Å²) in [5.41, 5.74) is 6.18. The minimum atomic E-state index is 0.0544. The Morgan fingerprint density at radius 3 is 3.05 bits per heavy atom. The first-order chi connectivity index (χ1) is 9.69. The molecule has 1 aromatic carbocycles. The van der Waals surface area contributed by atoms with E-state index in [4.69, 9.17) is 17.3 Å². The molecule has 0 fully saturated rings. The Hall–Kier alpha value is -1.04. The Bertz CT molecular complexity index is 543. The van der Waals surface area contributed by atoms with Crippen molar-refractivity contribution in [3.05, 3.63) is 41.4 Å². The molecule has 0 aliphatic carbocycles. The van der Waals surface area contributed by atoms with Crippen LogP contribution in [0.5, 0.6) is 0 Å². The molecule has 1 aromatic heterocycles. The minimum Gasteiger partial charge on any atom is -0.327 e. The van der Waals surface area contributed by atoms with E-state index in [1.54, 1.807) is 18.1 Å². The molecule has 20 heavy (non-hydrogen) atoms. The summed E-state index contributed by atoms with van der Waals surface area (Å²) < 4.78 is 1.93. The number of rotatable bonds is 7. The fourth-order valence-electron chi connectivity index (χ4n) is 1.90. The molecule has 0 saturated heterocycles. The van der Waals surface area contributed by atoms with Gasteiger partial charge in [-0.3, -0.25) is 4.68 Å². The summed E-state index contributed by atoms with van der Waals surface area (Å²) in [4.78, 5) is 5.43. The molecule has 1 heterocycles. The number of hydrogen-bond acceptors (Lipinski definition) is 4. The highest BCUT2D eigenvalue weighted by atomic mass is 35.5. The van der Waals surface area contributed by atoms with Gasteiger partial charge in [0.05, 0.1) is 0 Å². The first kappa shape index (κ1) is 15.4. The van der Waals surface area contributed by atoms with Crippen LogP contribution in [-0.2, 0) is 13.0 Å². The van der Waals surface area contributed by atoms with Gasteiger partial charge in [0.15, 0.2) is 0 Å². The van der Waals surface area contributed by atoms with Crippen molar-refractivity contribution in [3.8, 4) is 0 Å². The topological polar surface area (TPSA) is 56.7 Å². The molecular formula is C14H19ClN4S. The fraction of sp³-hybridized carbons (Fsp3) is 0.429. The summed E-state index contributed by atoms with van der Waals surface area (Å²) >= 11 is 7.68. The predicted molar refractivity (Wildman–Crippen MR) is 84.2 cm³/mol. The molecule has 1 atom stereocenters. The third-order valence-corrected chi connectivity index (χ3v) is 4.25. The number of benzene rings is 1. The molecule has 1 unspecified atom stereocenters. The molecule has 2 aromatic rings. The first-order valence-corrected chi connectivity index (χ1v) is 8.06. The standard InChI is InChI=1S/C14H19ClN4S/c1-2-6-19-14(17-10-18-19)8-12(16)9-20-13-5-3-4-11(15)7-13/h3-5,7,10,12H,2,6,8-9,16H2,1H3. The Balaban J connectivity index is 1.86. The molecule has 0 radical (unpaired) electrons. The normalized spacial score (nSPS) is 12.6. The molecule has 0 aliphatic rings. The number of nitrogens with zero attached hydrogens (tertiary/aromatic N) is 3. The number of aryl methyl sites for hydroxylation is 1. The van der Waals surface area contributed by atoms with Crippen LogP contribution < -0.4 is 5.73 Å². The fourth-order valence-corrected chi connectivity index (χ4v) is 3.06. The Morgan fingerprint density at radius 2 is 2.30 bits per heavy atom. The lowest BCUT2D eigenvalue weighted by molar-refractivity contribution is 0.553. The van der Waals surface area contributed by atoms with Gasteiger partial charge in [-0.15, -0.1) is 11.8 Å². The highest BCUT2D eigenvalue weighted by Gasteiger charge is 2.10. The zero-order valence-corrected chi connectivity index (χ0v) is 13.1. The molecule has 0 amide bonds. The van der Waals surface area contributed by atoms with Crippen LogP contribution in [0.3, 0.4) is 0 Å². The Labute approximate surface area is 128 Å². The summed E-state index contributed by atoms with van der Waals surface area (Å²) in [5.74, 6) is 1.80. The van der Waals surface area contributed by atoms with Crippen molar-refractivity contribution in [3.63, 3.8) is 0 Å². The molecule has 0 bridgehead atoms. The van der Waals surface area contributed by atoms with E-state index in [1.807, 2.05) is 28.9 Å². The average molecular weight is 311 g/mol. The third kappa shape index (κ3) is 4.51. The van der Waals surface area contributed by atoms with Gasteiger partial charge in [-0.2, -0.15) is 5.10 Å². The van der Waals surface area contributed by atoms with Gasteiger partial charge in [0.2, 0.25) is 0 Å². The number of hydrogen-bond donors (Lipinski definition) is 1. The maximum Gasteiger partial charge on any atom is 0.138 e. The van der Waals surface area contributed by atoms with Crippen molar-refractivity contribution < 1.29 is 0 Å². The van der Waals surface area contributed by atoms with Gasteiger partial charge in [-0.1, -0.05) is 24.6 Å². The second-order valence-corrected chi connectivity index (χ2v) is 6.16. The molecule has 0 aliphatic heterocycles. The first-order valence-electron chi connectivity index (χ1n) is 6.69. The Morgan fingerprint density at radius 1 is 1.45 bits per heavy atom. The monoisotopic (exact) mass is 310 g/mol. The van der Waals surface area contributed by atoms with Crippen LogP contribution in [-0.4, -0.2) is 26.6 Å². The van der Waals surface area contributed by atoms with E-state index in [-0.39, 0.29) is 6.04 Å². The second-order valence-electron chi connectivity index (χ2n) is 4.63. The van der Waals surface area contributed by atoms with Gasteiger partial charge in [-0.25, -0.2) is 4.98 Å². The van der Waals surface area contributed by atoms with Crippen LogP contribution in [0.25, 0.3) is 0 Å². The van der Waals surface area contributed by atoms with E-state index in [2.05, 4.69) is 17.0 Å². The summed E-state index contributed by atoms with van der Waals surface area (Å²) in [6, 6.07) is 7.88. The predicted octanol–water partition coefficient (Wildman–Crippen LogP) is 3.00. The van der Waals surface area contributed by atoms with Gasteiger partial charge < -0.3 is 5.73 Å². The third-order valence-electron chi connectivity index (χ3n) is 2.84. The zero-order valence-electron chi connectivity index (χ0n) is 11.5. The minimum absolute atomic E-state index is 0.0544. The Kier molecular flexibility index (Phi) is 5.88. The van der Waals surface area contributed by atoms with Crippen LogP contribution in [0.1, 0.15) is 19.2 Å². The second kappa shape index (κ2) is 7.67. The molecule has 6 heteroatoms. The van der Waals surface area contributed by atoms with E-state index in [0.29, 0.717) is 0 Å². The van der Waals surface area contributed by atoms with Crippen LogP contribution in [0, 0.1) is 0 Å². The van der Waals surface area contributed by atoms with Crippen molar-refractivity contribution in [2.45, 2.75) is 37.2 Å². The zero-order chi connectivity index (χ0) is 14.4. The van der Waals surface area contributed by atoms with E-state index in [0.717, 1.165) is 40.9 Å². The van der Waals surface area contributed by atoms with E-state index < -0.39 is 0 Å². The number of halogens is 1. The van der Waals surface area contributed by atoms with E-state index >= 15 is 0 Å². The van der Waals surface area contributed by atoms with Crippen LogP contribution in [0.4, 0.5) is 0 Å². The highest BCUT2D eigenvalue weighted by Crippen LogP contribution is 2.22. The lowest BCUT2D eigenvalue weighted by Crippen LogP contribution is -2.27. The molecule has 4 nitrogen and oxygen atoms in total. The summed E-state index contributed by atoms with van der Waals surface area (Å²) in [6.07, 6.45) is 3.39. The number of thioether (sulfide) groups is 1. The van der Waals surface area contributed by atoms with Crippen molar-refractivity contribution in [1.29, 1.82) is 0 Å². The highest BCUT2D eigenvalue weighted by molar-refractivity contribution is 7.99. The van der Waals surface area contributed by atoms with E-state index in [1.165, 1.54) is 0 Å². The maximum atomic E-state index is 6.18. The van der Waals surface area contributed by atoms with Crippen LogP contribution in [0.15, 0.2) is 35.5 Å². The number of nitrogens with two attached hydrogens (primary N) is 1. The van der Waals surface area contributed by atoms with Gasteiger partial charge in [-0.05, 0) is 24.6 Å². The van der Waals surface area contributed by atoms with Crippen LogP contribution >= 0.6 is 23.4 Å². The summed E-state index contributed by atoms with van der Waals surface area (Å²) in [7, 11) is 0. The molecule has 108 valence electrons. The summed E-state index contributed by atoms with van der Waals surface area (Å²) in [6.45, 7) is 3.02. The molecular weight excluding hydrogens is 292 g/mol. The van der Waals surface area contributed by atoms with Crippen molar-refractivity contribution in [2.75, 3.05) is 5.75 Å². The average Bonchev–Trinajstić information content (AvgIpc) is 2.84. The lowest BCUT2D eigenvalue weighted by atomic mass is 10.2. The number of aromatic nitrogens is 3. The molecule has 2 N–H and O–H groups in total. The van der Waals surface area contributed by atoms with Gasteiger partial charge in [0.1, 0.15) is 12.2 Å². The van der Waals surface area contributed by atoms with Gasteiger partial charge >= 0.3 is 0 Å². The van der Waals surface area contributed by atoms with E-state index in [9.17, 15) is 0 Å². The SMILES string of the molecule is CCCn1ncnc1CC(N)CSc1cccc(Cl)c1. The van der Waals surface area contributed by atoms with Crippen molar-refractivity contribution in [1.82, 2.24) is 14.8 Å².